The van der Waals surface area contributed by atoms with Crippen molar-refractivity contribution in [3.8, 4) is 11.8 Å². The summed E-state index contributed by atoms with van der Waals surface area (Å²) in [6, 6.07) is 3.93. The number of ether oxygens (including phenoxy) is 2. The molecule has 1 N–H and O–H groups in total. The minimum atomic E-state index is -0.612. The molecular formula is C15H18FNO3. The maximum atomic E-state index is 13.2. The fraction of sp³-hybridized carbons (Fsp3) is 0.400. The summed E-state index contributed by atoms with van der Waals surface area (Å²) in [5, 5.41) is 2.55. The molecule has 0 bridgehead atoms. The van der Waals surface area contributed by atoms with Gasteiger partial charge in [-0.15, -0.1) is 0 Å². The molecule has 0 saturated carbocycles. The van der Waals surface area contributed by atoms with E-state index in [-0.39, 0.29) is 6.61 Å². The smallest absolute Gasteiger partial charge is 0.412 e. The van der Waals surface area contributed by atoms with Gasteiger partial charge in [0.1, 0.15) is 18.0 Å². The van der Waals surface area contributed by atoms with Crippen molar-refractivity contribution in [1.82, 2.24) is 0 Å². The van der Waals surface area contributed by atoms with Gasteiger partial charge in [0.25, 0.3) is 0 Å². The highest BCUT2D eigenvalue weighted by Crippen LogP contribution is 2.17. The normalized spacial score (nSPS) is 10.4. The predicted octanol–water partition coefficient (Wildman–Crippen LogP) is 3.17. The fourth-order valence-corrected chi connectivity index (χ4v) is 1.35. The maximum absolute atomic E-state index is 13.2. The Morgan fingerprint density at radius 3 is 2.70 bits per heavy atom. The number of rotatable bonds is 2. The van der Waals surface area contributed by atoms with Gasteiger partial charge in [-0.3, -0.25) is 5.32 Å². The van der Waals surface area contributed by atoms with Crippen LogP contribution >= 0.6 is 0 Å². The first-order valence-electron chi connectivity index (χ1n) is 6.09. The molecule has 5 heteroatoms. The number of carbonyl (C=O) groups excluding carboxylic acids is 1. The van der Waals surface area contributed by atoms with Crippen molar-refractivity contribution in [3.63, 3.8) is 0 Å². The quantitative estimate of drug-likeness (QED) is 0.846. The Hall–Kier alpha value is -2.06. The highest BCUT2D eigenvalue weighted by molar-refractivity contribution is 5.86. The van der Waals surface area contributed by atoms with Crippen LogP contribution in [0.1, 0.15) is 26.3 Å². The van der Waals surface area contributed by atoms with E-state index in [4.69, 9.17) is 9.47 Å². The van der Waals surface area contributed by atoms with E-state index in [0.29, 0.717) is 11.3 Å². The average Bonchev–Trinajstić information content (AvgIpc) is 2.30. The topological polar surface area (TPSA) is 47.6 Å². The van der Waals surface area contributed by atoms with E-state index in [1.807, 2.05) is 0 Å². The number of methoxy groups -OCH3 is 1. The molecule has 0 radical (unpaired) electrons. The largest absolute Gasteiger partial charge is 0.444 e. The van der Waals surface area contributed by atoms with Gasteiger partial charge in [-0.05, 0) is 39.0 Å². The van der Waals surface area contributed by atoms with Crippen LogP contribution in [0.15, 0.2) is 18.2 Å². The van der Waals surface area contributed by atoms with Gasteiger partial charge in [-0.1, -0.05) is 11.8 Å². The molecule has 0 aliphatic heterocycles. The van der Waals surface area contributed by atoms with E-state index in [2.05, 4.69) is 17.2 Å². The highest BCUT2D eigenvalue weighted by atomic mass is 19.1. The molecule has 0 saturated heterocycles. The number of carbonyl (C=O) groups is 1. The average molecular weight is 279 g/mol. The maximum Gasteiger partial charge on any atom is 0.412 e. The van der Waals surface area contributed by atoms with E-state index in [1.54, 1.807) is 20.8 Å². The van der Waals surface area contributed by atoms with Crippen LogP contribution < -0.4 is 5.32 Å². The van der Waals surface area contributed by atoms with Crippen molar-refractivity contribution < 1.29 is 18.7 Å². The Kier molecular flexibility index (Phi) is 5.53. The molecule has 0 fully saturated rings. The van der Waals surface area contributed by atoms with Crippen LogP contribution in [-0.2, 0) is 9.47 Å². The van der Waals surface area contributed by atoms with Gasteiger partial charge in [0.15, 0.2) is 0 Å². The van der Waals surface area contributed by atoms with Gasteiger partial charge in [0.2, 0.25) is 0 Å². The first-order valence-corrected chi connectivity index (χ1v) is 6.09. The molecule has 1 amide bonds. The lowest BCUT2D eigenvalue weighted by molar-refractivity contribution is 0.0636. The second-order valence-corrected chi connectivity index (χ2v) is 5.05. The number of hydrogen-bond acceptors (Lipinski definition) is 3. The summed E-state index contributed by atoms with van der Waals surface area (Å²) in [5.74, 6) is 5.02. The second-order valence-electron chi connectivity index (χ2n) is 5.05. The zero-order valence-electron chi connectivity index (χ0n) is 12.0. The number of amides is 1. The molecule has 1 aromatic rings. The van der Waals surface area contributed by atoms with E-state index in [9.17, 15) is 9.18 Å². The Balaban J connectivity index is 2.90. The molecule has 108 valence electrons. The lowest BCUT2D eigenvalue weighted by atomic mass is 10.1. The summed E-state index contributed by atoms with van der Waals surface area (Å²) in [5.41, 5.74) is 0.156. The lowest BCUT2D eigenvalue weighted by Gasteiger charge is -2.20. The van der Waals surface area contributed by atoms with Gasteiger partial charge in [-0.2, -0.15) is 0 Å². The molecule has 0 aromatic heterocycles. The summed E-state index contributed by atoms with van der Waals surface area (Å²) in [4.78, 5) is 11.7. The van der Waals surface area contributed by atoms with Crippen molar-refractivity contribution in [3.05, 3.63) is 29.6 Å². The standard InChI is InChI=1S/C15H18FNO3/c1-15(2,3)20-14(18)17-13-8-7-12(16)10-11(13)6-5-9-19-4/h7-8,10H,9H2,1-4H3,(H,17,18). The summed E-state index contributed by atoms with van der Waals surface area (Å²) >= 11 is 0. The number of nitrogens with one attached hydrogen (secondary N) is 1. The van der Waals surface area contributed by atoms with Crippen LogP contribution in [0.2, 0.25) is 0 Å². The first-order chi connectivity index (χ1) is 9.31. The Morgan fingerprint density at radius 2 is 2.10 bits per heavy atom. The molecule has 0 spiro atoms. The number of anilines is 1. The molecule has 0 atom stereocenters. The van der Waals surface area contributed by atoms with Crippen LogP contribution in [0.3, 0.4) is 0 Å². The van der Waals surface area contributed by atoms with Crippen LogP contribution in [0.4, 0.5) is 14.9 Å². The van der Waals surface area contributed by atoms with E-state index >= 15 is 0 Å². The van der Waals surface area contributed by atoms with E-state index in [0.717, 1.165) is 0 Å². The lowest BCUT2D eigenvalue weighted by Crippen LogP contribution is -2.27. The van der Waals surface area contributed by atoms with Gasteiger partial charge in [0, 0.05) is 7.11 Å². The third kappa shape index (κ3) is 5.72. The van der Waals surface area contributed by atoms with Crippen LogP contribution in [0, 0.1) is 17.7 Å². The van der Waals surface area contributed by atoms with Crippen molar-refractivity contribution in [2.75, 3.05) is 19.0 Å². The van der Waals surface area contributed by atoms with Gasteiger partial charge >= 0.3 is 6.09 Å². The SMILES string of the molecule is COCC#Cc1cc(F)ccc1NC(=O)OC(C)(C)C. The monoisotopic (exact) mass is 279 g/mol. The van der Waals surface area contributed by atoms with Crippen LogP contribution in [0.5, 0.6) is 0 Å². The zero-order chi connectivity index (χ0) is 15.2. The number of benzene rings is 1. The molecule has 1 rings (SSSR count). The summed E-state index contributed by atoms with van der Waals surface area (Å²) in [6.07, 6.45) is -0.612. The number of halogens is 1. The minimum absolute atomic E-state index is 0.225. The molecule has 1 aromatic carbocycles. The molecule has 0 heterocycles. The fourth-order valence-electron chi connectivity index (χ4n) is 1.35. The predicted molar refractivity (Wildman–Crippen MR) is 75.0 cm³/mol. The number of hydrogen-bond donors (Lipinski definition) is 1. The van der Waals surface area contributed by atoms with E-state index < -0.39 is 17.5 Å². The van der Waals surface area contributed by atoms with Gasteiger partial charge in [0.05, 0.1) is 11.3 Å². The molecular weight excluding hydrogens is 261 g/mol. The summed E-state index contributed by atoms with van der Waals surface area (Å²) in [6.45, 7) is 5.51. The Bertz CT molecular complexity index is 538. The molecule has 4 nitrogen and oxygen atoms in total. The van der Waals surface area contributed by atoms with Gasteiger partial charge in [-0.25, -0.2) is 9.18 Å². The van der Waals surface area contributed by atoms with Gasteiger partial charge < -0.3 is 9.47 Å². The van der Waals surface area contributed by atoms with E-state index in [1.165, 1.54) is 25.3 Å². The highest BCUT2D eigenvalue weighted by Gasteiger charge is 2.17. The summed E-state index contributed by atoms with van der Waals surface area (Å²) in [7, 11) is 1.51. The minimum Gasteiger partial charge on any atom is -0.444 e. The van der Waals surface area contributed by atoms with Crippen LogP contribution in [-0.4, -0.2) is 25.4 Å². The van der Waals surface area contributed by atoms with Crippen molar-refractivity contribution in [2.24, 2.45) is 0 Å². The third-order valence-electron chi connectivity index (χ3n) is 2.06. The zero-order valence-corrected chi connectivity index (χ0v) is 12.0. The molecule has 0 unspecified atom stereocenters. The third-order valence-corrected chi connectivity index (χ3v) is 2.06. The second kappa shape index (κ2) is 6.92. The summed E-state index contributed by atoms with van der Waals surface area (Å²) < 4.78 is 23.2. The first kappa shape index (κ1) is 16.0. The van der Waals surface area contributed by atoms with Crippen molar-refractivity contribution in [2.45, 2.75) is 26.4 Å². The Labute approximate surface area is 118 Å². The molecule has 20 heavy (non-hydrogen) atoms. The van der Waals surface area contributed by atoms with Crippen molar-refractivity contribution in [1.29, 1.82) is 0 Å². The molecule has 0 aliphatic carbocycles. The molecule has 0 aliphatic rings. The van der Waals surface area contributed by atoms with Crippen LogP contribution in [0.25, 0.3) is 0 Å². The van der Waals surface area contributed by atoms with Crippen molar-refractivity contribution >= 4 is 11.8 Å². The Morgan fingerprint density at radius 1 is 1.40 bits per heavy atom.